The van der Waals surface area contributed by atoms with Gasteiger partial charge in [-0.3, -0.25) is 4.79 Å². The zero-order valence-electron chi connectivity index (χ0n) is 19.3. The number of benzene rings is 2. The molecule has 0 fully saturated rings. The maximum absolute atomic E-state index is 13.4. The molecular weight excluding hydrogens is 462 g/mol. The van der Waals surface area contributed by atoms with E-state index in [-0.39, 0.29) is 21.8 Å². The van der Waals surface area contributed by atoms with Crippen LogP contribution >= 0.6 is 11.6 Å². The summed E-state index contributed by atoms with van der Waals surface area (Å²) in [5, 5.41) is 8.38. The van der Waals surface area contributed by atoms with Crippen LogP contribution < -0.4 is 25.4 Å². The van der Waals surface area contributed by atoms with Crippen molar-refractivity contribution in [1.29, 1.82) is 0 Å². The number of para-hydroxylation sites is 1. The zero-order valence-corrected chi connectivity index (χ0v) is 20.0. The molecule has 180 valence electrons. The number of hydrogen-bond acceptors (Lipinski definition) is 6. The third-order valence-corrected chi connectivity index (χ3v) is 5.48. The highest BCUT2D eigenvalue weighted by Gasteiger charge is 2.33. The third-order valence-electron chi connectivity index (χ3n) is 5.15. The number of carbonyl (C=O) groups is 3. The first-order chi connectivity index (χ1) is 16.3. The average Bonchev–Trinajstić information content (AvgIpc) is 2.82. The fourth-order valence-corrected chi connectivity index (χ4v) is 3.82. The molecule has 10 heteroatoms. The van der Waals surface area contributed by atoms with Crippen molar-refractivity contribution in [3.8, 4) is 11.5 Å². The van der Waals surface area contributed by atoms with Gasteiger partial charge in [0.05, 0.1) is 48.7 Å². The predicted molar refractivity (Wildman–Crippen MR) is 127 cm³/mol. The number of methoxy groups -OCH3 is 2. The molecule has 3 amide bonds. The smallest absolute Gasteiger partial charge is 0.339 e. The SMILES string of the molecule is CCCOc1cc(Cl)c([C@@H]2NC(=O)NC(C)=C2C(=O)Nc2ccccc2C(=O)OC)cc1OC. The lowest BCUT2D eigenvalue weighted by atomic mass is 9.94. The van der Waals surface area contributed by atoms with Crippen LogP contribution in [-0.2, 0) is 9.53 Å². The second-order valence-corrected chi connectivity index (χ2v) is 7.84. The highest BCUT2D eigenvalue weighted by Crippen LogP contribution is 2.39. The molecule has 1 aliphatic heterocycles. The normalized spacial score (nSPS) is 15.2. The number of nitrogens with one attached hydrogen (secondary N) is 3. The molecule has 3 N–H and O–H groups in total. The summed E-state index contributed by atoms with van der Waals surface area (Å²) in [5.41, 5.74) is 1.46. The minimum absolute atomic E-state index is 0.193. The third kappa shape index (κ3) is 5.26. The molecule has 0 aromatic heterocycles. The quantitative estimate of drug-likeness (QED) is 0.481. The predicted octanol–water partition coefficient (Wildman–Crippen LogP) is 4.19. The van der Waals surface area contributed by atoms with Gasteiger partial charge in [-0.1, -0.05) is 30.7 Å². The van der Waals surface area contributed by atoms with Gasteiger partial charge in [0.2, 0.25) is 0 Å². The Labute approximate surface area is 202 Å². The molecule has 1 atom stereocenters. The lowest BCUT2D eigenvalue weighted by Gasteiger charge is -2.29. The number of allylic oxidation sites excluding steroid dienone is 1. The maximum Gasteiger partial charge on any atom is 0.339 e. The van der Waals surface area contributed by atoms with Crippen LogP contribution in [0.25, 0.3) is 0 Å². The molecule has 0 saturated carbocycles. The van der Waals surface area contributed by atoms with E-state index in [1.807, 2.05) is 6.92 Å². The van der Waals surface area contributed by atoms with Crippen LogP contribution in [0.15, 0.2) is 47.7 Å². The molecule has 34 heavy (non-hydrogen) atoms. The van der Waals surface area contributed by atoms with E-state index in [4.69, 9.17) is 25.8 Å². The number of esters is 1. The first-order valence-electron chi connectivity index (χ1n) is 10.6. The van der Waals surface area contributed by atoms with Crippen molar-refractivity contribution in [3.05, 3.63) is 63.8 Å². The Morgan fingerprint density at radius 2 is 1.88 bits per heavy atom. The standard InChI is InChI=1S/C24H26ClN3O6/c1-5-10-34-19-12-16(25)15(11-18(19)32-3)21-20(13(2)26-24(31)28-21)22(29)27-17-9-7-6-8-14(17)23(30)33-4/h6-9,11-12,21H,5,10H2,1-4H3,(H,27,29)(H2,26,28,31)/t21-/m0/s1. The summed E-state index contributed by atoms with van der Waals surface area (Å²) in [7, 11) is 2.75. The summed E-state index contributed by atoms with van der Waals surface area (Å²) in [6.07, 6.45) is 0.798. The molecule has 0 bridgehead atoms. The second-order valence-electron chi connectivity index (χ2n) is 7.43. The van der Waals surface area contributed by atoms with Gasteiger partial charge in [-0.25, -0.2) is 9.59 Å². The van der Waals surface area contributed by atoms with Gasteiger partial charge >= 0.3 is 12.0 Å². The van der Waals surface area contributed by atoms with Crippen LogP contribution in [0.3, 0.4) is 0 Å². The van der Waals surface area contributed by atoms with Gasteiger partial charge in [0, 0.05) is 17.3 Å². The van der Waals surface area contributed by atoms with E-state index in [1.165, 1.54) is 20.3 Å². The molecule has 0 radical (unpaired) electrons. The van der Waals surface area contributed by atoms with Crippen LogP contribution in [0.2, 0.25) is 5.02 Å². The number of carbonyl (C=O) groups excluding carboxylic acids is 3. The molecule has 9 nitrogen and oxygen atoms in total. The van der Waals surface area contributed by atoms with Gasteiger partial charge in [-0.05, 0) is 31.5 Å². The van der Waals surface area contributed by atoms with Crippen LogP contribution in [0.1, 0.15) is 42.2 Å². The number of ether oxygens (including phenoxy) is 3. The van der Waals surface area contributed by atoms with Crippen molar-refractivity contribution in [2.75, 3.05) is 26.1 Å². The molecule has 1 aliphatic rings. The van der Waals surface area contributed by atoms with E-state index >= 15 is 0 Å². The molecule has 2 aromatic carbocycles. The highest BCUT2D eigenvalue weighted by atomic mass is 35.5. The molecule has 1 heterocycles. The van der Waals surface area contributed by atoms with Crippen molar-refractivity contribution < 1.29 is 28.6 Å². The van der Waals surface area contributed by atoms with E-state index in [1.54, 1.807) is 37.3 Å². The van der Waals surface area contributed by atoms with Gasteiger partial charge in [0.1, 0.15) is 0 Å². The first-order valence-corrected chi connectivity index (χ1v) is 11.0. The number of urea groups is 1. The van der Waals surface area contributed by atoms with E-state index in [0.717, 1.165) is 6.42 Å². The molecule has 0 saturated heterocycles. The summed E-state index contributed by atoms with van der Waals surface area (Å²) >= 11 is 6.56. The molecular formula is C24H26ClN3O6. The summed E-state index contributed by atoms with van der Waals surface area (Å²) in [5.74, 6) is -0.262. The maximum atomic E-state index is 13.4. The van der Waals surface area contributed by atoms with Crippen LogP contribution in [-0.4, -0.2) is 38.7 Å². The molecule has 2 aromatic rings. The monoisotopic (exact) mass is 487 g/mol. The first kappa shape index (κ1) is 24.9. The fraction of sp³-hybridized carbons (Fsp3) is 0.292. The Bertz CT molecular complexity index is 1150. The Morgan fingerprint density at radius 1 is 1.15 bits per heavy atom. The fourth-order valence-electron chi connectivity index (χ4n) is 3.55. The molecule has 3 rings (SSSR count). The second kappa shape index (κ2) is 10.9. The van der Waals surface area contributed by atoms with Crippen LogP contribution in [0.4, 0.5) is 10.5 Å². The van der Waals surface area contributed by atoms with Crippen molar-refractivity contribution >= 4 is 35.2 Å². The lowest BCUT2D eigenvalue weighted by molar-refractivity contribution is -0.113. The van der Waals surface area contributed by atoms with Crippen LogP contribution in [0, 0.1) is 0 Å². The molecule has 0 unspecified atom stereocenters. The van der Waals surface area contributed by atoms with Gasteiger partial charge in [-0.15, -0.1) is 0 Å². The number of halogens is 1. The Kier molecular flexibility index (Phi) is 8.01. The van der Waals surface area contributed by atoms with E-state index in [0.29, 0.717) is 29.4 Å². The summed E-state index contributed by atoms with van der Waals surface area (Å²) in [4.78, 5) is 37.8. The van der Waals surface area contributed by atoms with Gasteiger partial charge in [0.25, 0.3) is 5.91 Å². The number of hydrogen-bond donors (Lipinski definition) is 3. The topological polar surface area (TPSA) is 115 Å². The average molecular weight is 488 g/mol. The zero-order chi connectivity index (χ0) is 24.8. The summed E-state index contributed by atoms with van der Waals surface area (Å²) in [6, 6.07) is 8.31. The van der Waals surface area contributed by atoms with Crippen molar-refractivity contribution in [3.63, 3.8) is 0 Å². The minimum atomic E-state index is -0.888. The largest absolute Gasteiger partial charge is 0.493 e. The van der Waals surface area contributed by atoms with Crippen molar-refractivity contribution in [1.82, 2.24) is 10.6 Å². The summed E-state index contributed by atoms with van der Waals surface area (Å²) in [6.45, 7) is 4.06. The van der Waals surface area contributed by atoms with Gasteiger partial charge in [0.15, 0.2) is 11.5 Å². The van der Waals surface area contributed by atoms with E-state index in [9.17, 15) is 14.4 Å². The van der Waals surface area contributed by atoms with Crippen molar-refractivity contribution in [2.24, 2.45) is 0 Å². The Balaban J connectivity index is 2.02. The molecule has 0 aliphatic carbocycles. The van der Waals surface area contributed by atoms with E-state index in [2.05, 4.69) is 16.0 Å². The Hall–Kier alpha value is -3.72. The lowest BCUT2D eigenvalue weighted by Crippen LogP contribution is -2.46. The minimum Gasteiger partial charge on any atom is -0.493 e. The van der Waals surface area contributed by atoms with Gasteiger partial charge < -0.3 is 30.2 Å². The van der Waals surface area contributed by atoms with Crippen LogP contribution in [0.5, 0.6) is 11.5 Å². The number of amides is 3. The number of anilines is 1. The number of rotatable bonds is 8. The van der Waals surface area contributed by atoms with Gasteiger partial charge in [-0.2, -0.15) is 0 Å². The molecule has 0 spiro atoms. The Morgan fingerprint density at radius 3 is 2.56 bits per heavy atom. The highest BCUT2D eigenvalue weighted by molar-refractivity contribution is 6.31. The summed E-state index contributed by atoms with van der Waals surface area (Å²) < 4.78 is 15.9. The van der Waals surface area contributed by atoms with Crippen molar-refractivity contribution in [2.45, 2.75) is 26.3 Å². The van der Waals surface area contributed by atoms with E-state index < -0.39 is 23.9 Å².